The second-order valence-electron chi connectivity index (χ2n) is 11.4. The van der Waals surface area contributed by atoms with Gasteiger partial charge in [-0.25, -0.2) is 0 Å². The van der Waals surface area contributed by atoms with Crippen molar-refractivity contribution in [3.8, 4) is 0 Å². The van der Waals surface area contributed by atoms with Crippen LogP contribution in [0.25, 0.3) is 0 Å². The largest absolute Gasteiger partial charge is 0.307 e. The lowest BCUT2D eigenvalue weighted by Crippen LogP contribution is -2.53. The number of allylic oxidation sites excluding steroid dienone is 5. The molecule has 3 rings (SSSR count). The van der Waals surface area contributed by atoms with E-state index < -0.39 is 0 Å². The van der Waals surface area contributed by atoms with Crippen LogP contribution in [0.4, 0.5) is 0 Å². The fourth-order valence-electron chi connectivity index (χ4n) is 5.41. The van der Waals surface area contributed by atoms with Gasteiger partial charge in [0.05, 0.1) is 6.54 Å². The van der Waals surface area contributed by atoms with Crippen LogP contribution in [-0.4, -0.2) is 49.2 Å². The summed E-state index contributed by atoms with van der Waals surface area (Å²) in [6.07, 6.45) is 12.8. The predicted octanol–water partition coefficient (Wildman–Crippen LogP) is 9.89. The molecule has 234 valence electrons. The first-order chi connectivity index (χ1) is 19.9. The first-order valence-electron chi connectivity index (χ1n) is 14.6. The zero-order valence-electron chi connectivity index (χ0n) is 27.1. The van der Waals surface area contributed by atoms with Crippen molar-refractivity contribution in [2.45, 2.75) is 92.2 Å². The van der Waals surface area contributed by atoms with Gasteiger partial charge in [-0.05, 0) is 87.3 Å². The van der Waals surface area contributed by atoms with E-state index in [4.69, 9.17) is 33.0 Å². The number of aldehydes is 1. The molecule has 2 aliphatic carbocycles. The smallest absolute Gasteiger partial charge is 0.124 e. The number of carbonyl (C=O) groups excluding carboxylic acids is 2. The van der Waals surface area contributed by atoms with E-state index in [1.54, 1.807) is 12.2 Å². The summed E-state index contributed by atoms with van der Waals surface area (Å²) in [5.74, 6) is 0.712. The number of likely N-dealkylation sites (N-methyl/N-ethyl adjacent to an activating group) is 1. The molecule has 1 unspecified atom stereocenters. The molecule has 4 nitrogen and oxygen atoms in total. The number of rotatable bonds is 8. The van der Waals surface area contributed by atoms with Crippen molar-refractivity contribution in [2.75, 3.05) is 20.0 Å². The maximum atomic E-state index is 10.9. The Morgan fingerprint density at radius 1 is 1.10 bits per heavy atom. The lowest BCUT2D eigenvalue weighted by atomic mass is 9.66. The van der Waals surface area contributed by atoms with Gasteiger partial charge in [0.15, 0.2) is 0 Å². The van der Waals surface area contributed by atoms with Crippen LogP contribution < -0.4 is 0 Å². The molecule has 0 spiro atoms. The van der Waals surface area contributed by atoms with Crippen molar-refractivity contribution in [3.63, 3.8) is 0 Å². The third-order valence-corrected chi connectivity index (χ3v) is 8.61. The van der Waals surface area contributed by atoms with E-state index in [1.165, 1.54) is 24.8 Å². The SMILES string of the molecule is C=O.CC.CC(=NCC1(N(C)C(C)c2ccc(CC=O)cc2)CCC(C(C)(C)C)CC1)C1=C=CC(Cl)=CC(Cl)=C1.CCl. The van der Waals surface area contributed by atoms with E-state index in [2.05, 4.69) is 81.2 Å². The Balaban J connectivity index is 0.00000263. The molecule has 0 aliphatic heterocycles. The average Bonchev–Trinajstić information content (AvgIpc) is 3.18. The summed E-state index contributed by atoms with van der Waals surface area (Å²) in [6.45, 7) is 18.1. The normalized spacial score (nSPS) is 21.0. The van der Waals surface area contributed by atoms with Crippen molar-refractivity contribution < 1.29 is 9.59 Å². The Morgan fingerprint density at radius 2 is 1.64 bits per heavy atom. The quantitative estimate of drug-likeness (QED) is 0.123. The van der Waals surface area contributed by atoms with Gasteiger partial charge in [0.2, 0.25) is 0 Å². The number of hydrogen-bond donors (Lipinski definition) is 0. The Morgan fingerprint density at radius 3 is 2.14 bits per heavy atom. The molecule has 1 fully saturated rings. The first kappa shape index (κ1) is 40.1. The van der Waals surface area contributed by atoms with E-state index >= 15 is 0 Å². The van der Waals surface area contributed by atoms with E-state index in [-0.39, 0.29) is 11.6 Å². The number of benzene rings is 1. The van der Waals surface area contributed by atoms with Crippen molar-refractivity contribution >= 4 is 53.6 Å². The number of aliphatic imine (C=N–C) groups is 1. The minimum absolute atomic E-state index is 0.0394. The molecule has 42 heavy (non-hydrogen) atoms. The molecule has 0 heterocycles. The highest BCUT2D eigenvalue weighted by molar-refractivity contribution is 6.36. The van der Waals surface area contributed by atoms with Crippen LogP contribution in [0.1, 0.15) is 91.3 Å². The molecule has 0 amide bonds. The minimum Gasteiger partial charge on any atom is -0.307 e. The van der Waals surface area contributed by atoms with E-state index in [0.717, 1.165) is 42.5 Å². The molecular formula is C35H51Cl3N2O2. The van der Waals surface area contributed by atoms with Gasteiger partial charge in [-0.1, -0.05) is 82.1 Å². The summed E-state index contributed by atoms with van der Waals surface area (Å²) in [5.41, 5.74) is 7.61. The number of carbonyl (C=O) groups is 2. The van der Waals surface area contributed by atoms with E-state index in [9.17, 15) is 4.79 Å². The Bertz CT molecular complexity index is 1120. The molecule has 1 atom stereocenters. The molecule has 0 saturated heterocycles. The summed E-state index contributed by atoms with van der Waals surface area (Å²) in [7, 11) is 2.25. The van der Waals surface area contributed by atoms with Crippen molar-refractivity contribution in [1.29, 1.82) is 0 Å². The van der Waals surface area contributed by atoms with Gasteiger partial charge in [-0.3, -0.25) is 9.89 Å². The highest BCUT2D eigenvalue weighted by Gasteiger charge is 2.43. The molecule has 7 heteroatoms. The maximum Gasteiger partial charge on any atom is 0.124 e. The van der Waals surface area contributed by atoms with Crippen LogP contribution in [-0.2, 0) is 16.0 Å². The average molecular weight is 638 g/mol. The Kier molecular flexibility index (Phi) is 19.2. The molecule has 1 aromatic rings. The predicted molar refractivity (Wildman–Crippen MR) is 184 cm³/mol. The second kappa shape index (κ2) is 20.1. The van der Waals surface area contributed by atoms with Gasteiger partial charge >= 0.3 is 0 Å². The van der Waals surface area contributed by atoms with Gasteiger partial charge in [-0.15, -0.1) is 17.3 Å². The Hall–Kier alpha value is -1.94. The number of hydrogen-bond acceptors (Lipinski definition) is 4. The highest BCUT2D eigenvalue weighted by Crippen LogP contribution is 2.45. The van der Waals surface area contributed by atoms with Gasteiger partial charge in [-0.2, -0.15) is 0 Å². The third kappa shape index (κ3) is 12.0. The zero-order chi connectivity index (χ0) is 32.5. The standard InChI is InChI=1S/C31H40Cl2N2O.C2H6.CH3Cl.CH2O/c1-22(26-11-12-28(32)20-29(33)19-26)34-21-31(16-13-27(14-17-31)30(3,4)5)35(6)23(2)25-9-7-24(8-10-25)15-18-36;3*1-2/h7-10,12,18-20,23,27H,13-17,21H2,1-6H3;1-2H3;1H3;1H2. The number of nitrogens with zero attached hydrogens (tertiary/aromatic N) is 2. The molecular weight excluding hydrogens is 587 g/mol. The summed E-state index contributed by atoms with van der Waals surface area (Å²) in [5, 5.41) is 1.14. The van der Waals surface area contributed by atoms with Gasteiger partial charge in [0.1, 0.15) is 13.1 Å². The zero-order valence-corrected chi connectivity index (χ0v) is 29.3. The van der Waals surface area contributed by atoms with Crippen molar-refractivity contribution in [3.05, 3.63) is 75.0 Å². The minimum atomic E-state index is -0.0394. The topological polar surface area (TPSA) is 49.7 Å². The summed E-state index contributed by atoms with van der Waals surface area (Å²) >= 11 is 17.1. The molecule has 1 saturated carbocycles. The molecule has 0 radical (unpaired) electrons. The van der Waals surface area contributed by atoms with E-state index in [1.807, 2.05) is 33.6 Å². The van der Waals surface area contributed by atoms with Gasteiger partial charge in [0, 0.05) is 45.7 Å². The lowest BCUT2D eigenvalue weighted by Gasteiger charge is -2.50. The van der Waals surface area contributed by atoms with Crippen LogP contribution in [0.5, 0.6) is 0 Å². The fraction of sp³-hybridized carbons (Fsp3) is 0.543. The third-order valence-electron chi connectivity index (χ3n) is 8.18. The molecule has 0 bridgehead atoms. The van der Waals surface area contributed by atoms with Crippen LogP contribution in [0, 0.1) is 11.3 Å². The van der Waals surface area contributed by atoms with Crippen LogP contribution in [0.2, 0.25) is 0 Å². The molecule has 1 aromatic carbocycles. The second-order valence-corrected chi connectivity index (χ2v) is 12.3. The van der Waals surface area contributed by atoms with Gasteiger partial charge in [0.25, 0.3) is 0 Å². The summed E-state index contributed by atoms with van der Waals surface area (Å²) in [6, 6.07) is 8.69. The monoisotopic (exact) mass is 636 g/mol. The number of alkyl halides is 1. The van der Waals surface area contributed by atoms with Crippen molar-refractivity contribution in [1.82, 2.24) is 4.90 Å². The van der Waals surface area contributed by atoms with E-state index in [0.29, 0.717) is 27.8 Å². The molecule has 0 N–H and O–H groups in total. The summed E-state index contributed by atoms with van der Waals surface area (Å²) in [4.78, 5) is 26.5. The van der Waals surface area contributed by atoms with Crippen LogP contribution >= 0.6 is 34.8 Å². The van der Waals surface area contributed by atoms with Crippen LogP contribution in [0.15, 0.2) is 68.9 Å². The Labute approximate surface area is 270 Å². The highest BCUT2D eigenvalue weighted by atomic mass is 35.5. The lowest BCUT2D eigenvalue weighted by molar-refractivity contribution is -0.107. The van der Waals surface area contributed by atoms with Crippen molar-refractivity contribution in [2.24, 2.45) is 16.3 Å². The van der Waals surface area contributed by atoms with Gasteiger partial charge < -0.3 is 9.59 Å². The maximum absolute atomic E-state index is 10.9. The molecule has 0 aromatic heterocycles. The fourth-order valence-corrected chi connectivity index (χ4v) is 5.86. The molecule has 2 aliphatic rings. The van der Waals surface area contributed by atoms with Crippen LogP contribution in [0.3, 0.4) is 0 Å². The number of halogens is 3. The first-order valence-corrected chi connectivity index (χ1v) is 16.1. The summed E-state index contributed by atoms with van der Waals surface area (Å²) < 4.78 is 0.